The number of rotatable bonds is 8. The lowest BCUT2D eigenvalue weighted by atomic mass is 10.0. The number of hydrogen-bond donors (Lipinski definition) is 1. The number of amides is 1. The van der Waals surface area contributed by atoms with Crippen molar-refractivity contribution in [3.8, 4) is 0 Å². The van der Waals surface area contributed by atoms with Gasteiger partial charge < -0.3 is 5.32 Å². The number of hydrogen-bond acceptors (Lipinski definition) is 3. The molecule has 1 amide bonds. The maximum absolute atomic E-state index is 13.4. The van der Waals surface area contributed by atoms with E-state index in [1.807, 2.05) is 57.2 Å². The van der Waals surface area contributed by atoms with Gasteiger partial charge in [-0.05, 0) is 50.1 Å². The molecule has 162 valence electrons. The van der Waals surface area contributed by atoms with Crippen molar-refractivity contribution < 1.29 is 13.2 Å². The Morgan fingerprint density at radius 1 is 0.871 bits per heavy atom. The van der Waals surface area contributed by atoms with E-state index < -0.39 is 10.0 Å². The molecule has 0 saturated heterocycles. The molecule has 0 aliphatic carbocycles. The van der Waals surface area contributed by atoms with E-state index in [4.69, 9.17) is 0 Å². The normalized spacial score (nSPS) is 12.2. The molecule has 0 bridgehead atoms. The van der Waals surface area contributed by atoms with Gasteiger partial charge in [-0.1, -0.05) is 72.6 Å². The van der Waals surface area contributed by atoms with Crippen molar-refractivity contribution >= 4 is 21.6 Å². The van der Waals surface area contributed by atoms with Crippen molar-refractivity contribution in [3.63, 3.8) is 0 Å². The van der Waals surface area contributed by atoms with E-state index in [-0.39, 0.29) is 23.4 Å². The number of nitrogens with zero attached hydrogens (tertiary/aromatic N) is 1. The van der Waals surface area contributed by atoms with Gasteiger partial charge in [0.2, 0.25) is 5.91 Å². The third-order valence-corrected chi connectivity index (χ3v) is 6.95. The van der Waals surface area contributed by atoms with E-state index >= 15 is 0 Å². The number of carbonyl (C=O) groups excluding carboxylic acids is 1. The number of sulfonamides is 1. The first-order chi connectivity index (χ1) is 14.8. The molecule has 31 heavy (non-hydrogen) atoms. The molecule has 3 rings (SSSR count). The predicted molar refractivity (Wildman–Crippen MR) is 125 cm³/mol. The summed E-state index contributed by atoms with van der Waals surface area (Å²) in [5.74, 6) is -0.354. The highest BCUT2D eigenvalue weighted by Gasteiger charge is 2.27. The van der Waals surface area contributed by atoms with Crippen molar-refractivity contribution in [3.05, 3.63) is 95.6 Å². The molecule has 3 aromatic carbocycles. The largest absolute Gasteiger partial charge is 0.348 e. The summed E-state index contributed by atoms with van der Waals surface area (Å²) in [5, 5.41) is 2.99. The standard InChI is InChI=1S/C25H28N2O3S/c1-4-24(21-14-10-19(2)11-15-21)26-25(28)18-27(22-16-12-20(3)13-17-22)31(29,30)23-8-6-5-7-9-23/h5-17,24H,4,18H2,1-3H3,(H,26,28)/t24-/m0/s1. The van der Waals surface area contributed by atoms with Crippen molar-refractivity contribution in [2.24, 2.45) is 0 Å². The lowest BCUT2D eigenvalue weighted by Gasteiger charge is -2.26. The summed E-state index contributed by atoms with van der Waals surface area (Å²) in [4.78, 5) is 13.1. The SMILES string of the molecule is CC[C@H](NC(=O)CN(c1ccc(C)cc1)S(=O)(=O)c1ccccc1)c1ccc(C)cc1. The molecule has 6 heteroatoms. The van der Waals surface area contributed by atoms with Crippen molar-refractivity contribution in [1.29, 1.82) is 0 Å². The van der Waals surface area contributed by atoms with Gasteiger partial charge in [0.05, 0.1) is 16.6 Å². The highest BCUT2D eigenvalue weighted by Crippen LogP contribution is 2.24. The summed E-state index contributed by atoms with van der Waals surface area (Å²) in [6, 6.07) is 23.1. The number of anilines is 1. The summed E-state index contributed by atoms with van der Waals surface area (Å²) >= 11 is 0. The van der Waals surface area contributed by atoms with Gasteiger partial charge in [-0.25, -0.2) is 8.42 Å². The summed E-state index contributed by atoms with van der Waals surface area (Å²) in [6.07, 6.45) is 0.699. The number of benzene rings is 3. The third kappa shape index (κ3) is 5.52. The van der Waals surface area contributed by atoms with Gasteiger partial charge in [0, 0.05) is 0 Å². The zero-order valence-electron chi connectivity index (χ0n) is 18.1. The van der Waals surface area contributed by atoms with E-state index in [1.54, 1.807) is 30.3 Å². The predicted octanol–water partition coefficient (Wildman–Crippen LogP) is 4.77. The van der Waals surface area contributed by atoms with E-state index in [2.05, 4.69) is 5.32 Å². The fourth-order valence-electron chi connectivity index (χ4n) is 3.34. The molecular formula is C25H28N2O3S. The summed E-state index contributed by atoms with van der Waals surface area (Å²) in [7, 11) is -3.90. The molecule has 0 aliphatic heterocycles. The molecule has 0 saturated carbocycles. The van der Waals surface area contributed by atoms with E-state index in [0.29, 0.717) is 12.1 Å². The second kappa shape index (κ2) is 9.79. The molecule has 3 aromatic rings. The van der Waals surface area contributed by atoms with Crippen molar-refractivity contribution in [2.45, 2.75) is 38.1 Å². The summed E-state index contributed by atoms with van der Waals surface area (Å²) in [5.41, 5.74) is 3.60. The van der Waals surface area contributed by atoms with Crippen LogP contribution in [0.4, 0.5) is 5.69 Å². The lowest BCUT2D eigenvalue weighted by molar-refractivity contribution is -0.120. The maximum atomic E-state index is 13.4. The highest BCUT2D eigenvalue weighted by atomic mass is 32.2. The zero-order valence-corrected chi connectivity index (χ0v) is 18.9. The Labute approximate surface area is 184 Å². The molecule has 0 radical (unpaired) electrons. The summed E-state index contributed by atoms with van der Waals surface area (Å²) < 4.78 is 27.9. The molecule has 0 heterocycles. The van der Waals surface area contributed by atoms with Crippen LogP contribution in [0.2, 0.25) is 0 Å². The second-order valence-corrected chi connectivity index (χ2v) is 9.46. The van der Waals surface area contributed by atoms with Gasteiger partial charge in [-0.15, -0.1) is 0 Å². The lowest BCUT2D eigenvalue weighted by Crippen LogP contribution is -2.42. The first-order valence-corrected chi connectivity index (χ1v) is 11.8. The maximum Gasteiger partial charge on any atom is 0.264 e. The van der Waals surface area contributed by atoms with Crippen LogP contribution in [-0.2, 0) is 14.8 Å². The van der Waals surface area contributed by atoms with Gasteiger partial charge in [0.15, 0.2) is 0 Å². The Balaban J connectivity index is 1.88. The van der Waals surface area contributed by atoms with Gasteiger partial charge in [-0.3, -0.25) is 9.10 Å². The third-order valence-electron chi connectivity index (χ3n) is 5.16. The average molecular weight is 437 g/mol. The minimum absolute atomic E-state index is 0.147. The van der Waals surface area contributed by atoms with Crippen LogP contribution in [-0.4, -0.2) is 20.9 Å². The Morgan fingerprint density at radius 3 is 1.97 bits per heavy atom. The minimum atomic E-state index is -3.90. The van der Waals surface area contributed by atoms with E-state index in [9.17, 15) is 13.2 Å². The molecule has 1 N–H and O–H groups in total. The highest BCUT2D eigenvalue weighted by molar-refractivity contribution is 7.92. The Bertz CT molecular complexity index is 1110. The topological polar surface area (TPSA) is 66.5 Å². The number of carbonyl (C=O) groups is 1. The second-order valence-electron chi connectivity index (χ2n) is 7.60. The quantitative estimate of drug-likeness (QED) is 0.553. The van der Waals surface area contributed by atoms with Crippen LogP contribution in [0.25, 0.3) is 0 Å². The first kappa shape index (κ1) is 22.6. The van der Waals surface area contributed by atoms with Gasteiger partial charge in [0.1, 0.15) is 6.54 Å². The molecule has 0 unspecified atom stereocenters. The molecule has 5 nitrogen and oxygen atoms in total. The van der Waals surface area contributed by atoms with Crippen molar-refractivity contribution in [1.82, 2.24) is 5.32 Å². The summed E-state index contributed by atoms with van der Waals surface area (Å²) in [6.45, 7) is 5.63. The number of nitrogens with one attached hydrogen (secondary N) is 1. The minimum Gasteiger partial charge on any atom is -0.348 e. The van der Waals surface area contributed by atoms with Crippen LogP contribution in [0.3, 0.4) is 0 Å². The first-order valence-electron chi connectivity index (χ1n) is 10.3. The average Bonchev–Trinajstić information content (AvgIpc) is 2.78. The molecule has 0 aromatic heterocycles. The fourth-order valence-corrected chi connectivity index (χ4v) is 4.78. The van der Waals surface area contributed by atoms with Crippen molar-refractivity contribution in [2.75, 3.05) is 10.8 Å². The van der Waals surface area contributed by atoms with Crippen LogP contribution >= 0.6 is 0 Å². The zero-order chi connectivity index (χ0) is 22.4. The number of aryl methyl sites for hydroxylation is 2. The molecule has 0 spiro atoms. The molecule has 0 aliphatic rings. The molecule has 0 fully saturated rings. The van der Waals surface area contributed by atoms with Crippen LogP contribution in [0, 0.1) is 13.8 Å². The Kier molecular flexibility index (Phi) is 7.13. The Hall–Kier alpha value is -3.12. The Morgan fingerprint density at radius 2 is 1.42 bits per heavy atom. The van der Waals surface area contributed by atoms with Gasteiger partial charge in [-0.2, -0.15) is 0 Å². The van der Waals surface area contributed by atoms with Crippen LogP contribution < -0.4 is 9.62 Å². The van der Waals surface area contributed by atoms with Gasteiger partial charge >= 0.3 is 0 Å². The molecular weight excluding hydrogens is 408 g/mol. The fraction of sp³-hybridized carbons (Fsp3) is 0.240. The van der Waals surface area contributed by atoms with E-state index in [1.165, 1.54) is 16.4 Å². The van der Waals surface area contributed by atoms with Crippen LogP contribution in [0.5, 0.6) is 0 Å². The molecule has 1 atom stereocenters. The van der Waals surface area contributed by atoms with E-state index in [0.717, 1.165) is 16.7 Å². The monoisotopic (exact) mass is 436 g/mol. The smallest absolute Gasteiger partial charge is 0.264 e. The van der Waals surface area contributed by atoms with Crippen LogP contribution in [0.1, 0.15) is 36.1 Å². The van der Waals surface area contributed by atoms with Crippen LogP contribution in [0.15, 0.2) is 83.8 Å². The van der Waals surface area contributed by atoms with Gasteiger partial charge in [0.25, 0.3) is 10.0 Å².